The zero-order valence-corrected chi connectivity index (χ0v) is 30.4. The summed E-state index contributed by atoms with van der Waals surface area (Å²) in [4.78, 5) is 0. The fraction of sp³-hybridized carbons (Fsp3) is 0.657. The first-order valence-corrected chi connectivity index (χ1v) is 20.6. The monoisotopic (exact) mass is 617 g/mol. The van der Waals surface area contributed by atoms with Crippen molar-refractivity contribution in [1.29, 1.82) is 0 Å². The highest BCUT2D eigenvalue weighted by molar-refractivity contribution is 7.90. The zero-order valence-electron chi connectivity index (χ0n) is 28.6. The highest BCUT2D eigenvalue weighted by atomic mass is 32.2. The summed E-state index contributed by atoms with van der Waals surface area (Å²) < 4.78 is 35.9. The minimum Gasteiger partial charge on any atom is -0.491 e. The topological polar surface area (TPSA) is 64.6 Å². The summed E-state index contributed by atoms with van der Waals surface area (Å²) in [6, 6.07) is 13.4. The Morgan fingerprint density at radius 1 is 0.952 bits per heavy atom. The van der Waals surface area contributed by atoms with Crippen LogP contribution in [0.25, 0.3) is 0 Å². The lowest BCUT2D eigenvalue weighted by molar-refractivity contribution is 0.0310. The van der Waals surface area contributed by atoms with Crippen molar-refractivity contribution < 1.29 is 17.6 Å². The second-order valence-electron chi connectivity index (χ2n) is 14.8. The van der Waals surface area contributed by atoms with Gasteiger partial charge in [0.15, 0.2) is 8.32 Å². The average molecular weight is 618 g/mol. The van der Waals surface area contributed by atoms with Crippen molar-refractivity contribution in [2.24, 2.45) is 5.41 Å². The lowest BCUT2D eigenvalue weighted by Gasteiger charge is -2.43. The number of benzene rings is 2. The van der Waals surface area contributed by atoms with Gasteiger partial charge in [-0.3, -0.25) is 0 Å². The van der Waals surface area contributed by atoms with Crippen LogP contribution in [0.15, 0.2) is 36.4 Å². The number of hydrogen-bond donors (Lipinski definition) is 1. The van der Waals surface area contributed by atoms with E-state index < -0.39 is 18.2 Å². The second-order valence-corrected chi connectivity index (χ2v) is 21.8. The molecular formula is C35H59NO4SSi. The van der Waals surface area contributed by atoms with Gasteiger partial charge in [0.25, 0.3) is 0 Å². The van der Waals surface area contributed by atoms with Crippen LogP contribution < -0.4 is 10.1 Å². The number of nitrogens with one attached hydrogen (secondary N) is 1. The van der Waals surface area contributed by atoms with Gasteiger partial charge in [0.05, 0.1) is 11.9 Å². The Bertz CT molecular complexity index is 1260. The van der Waals surface area contributed by atoms with Gasteiger partial charge in [-0.15, -0.1) is 0 Å². The molecule has 0 aromatic heterocycles. The van der Waals surface area contributed by atoms with Gasteiger partial charge in [-0.2, -0.15) is 0 Å². The van der Waals surface area contributed by atoms with E-state index in [1.165, 1.54) is 34.1 Å². The molecule has 0 aliphatic rings. The van der Waals surface area contributed by atoms with Gasteiger partial charge in [0.1, 0.15) is 22.2 Å². The van der Waals surface area contributed by atoms with E-state index in [4.69, 9.17) is 9.16 Å². The van der Waals surface area contributed by atoms with Gasteiger partial charge in [-0.25, -0.2) is 8.42 Å². The van der Waals surface area contributed by atoms with Gasteiger partial charge in [-0.05, 0) is 96.5 Å². The minimum absolute atomic E-state index is 0.0119. The van der Waals surface area contributed by atoms with Crippen molar-refractivity contribution in [2.45, 2.75) is 118 Å². The fourth-order valence-electron chi connectivity index (χ4n) is 4.79. The number of sulfone groups is 1. The van der Waals surface area contributed by atoms with Crippen LogP contribution in [0.2, 0.25) is 18.1 Å². The molecule has 0 amide bonds. The summed E-state index contributed by atoms with van der Waals surface area (Å²) >= 11 is 0. The first-order chi connectivity index (χ1) is 19.2. The maximum Gasteiger partial charge on any atom is 0.192 e. The predicted octanol–water partition coefficient (Wildman–Crippen LogP) is 8.38. The molecule has 7 heteroatoms. The Morgan fingerprint density at radius 3 is 2.14 bits per heavy atom. The SMILES string of the molecule is CCC(CCc1ccc(CNCCS(C)(=O)=O)c(C)c1)c1ccc(OCC(O[Si](C)(C)C(C)(C)C)C(C)(C)C)c(C)c1. The van der Waals surface area contributed by atoms with E-state index in [2.05, 4.69) is 117 Å². The van der Waals surface area contributed by atoms with E-state index >= 15 is 0 Å². The fourth-order valence-corrected chi connectivity index (χ4v) is 6.79. The largest absolute Gasteiger partial charge is 0.491 e. The highest BCUT2D eigenvalue weighted by Crippen LogP contribution is 2.40. The Kier molecular flexibility index (Phi) is 12.9. The molecule has 0 saturated heterocycles. The summed E-state index contributed by atoms with van der Waals surface area (Å²) in [5, 5.41) is 3.41. The lowest BCUT2D eigenvalue weighted by atomic mass is 9.88. The maximum absolute atomic E-state index is 11.3. The summed E-state index contributed by atoms with van der Waals surface area (Å²) in [6.07, 6.45) is 4.51. The van der Waals surface area contributed by atoms with E-state index in [-0.39, 0.29) is 22.3 Å². The molecule has 2 aromatic carbocycles. The molecule has 2 aromatic rings. The van der Waals surface area contributed by atoms with Crippen LogP contribution in [0.1, 0.15) is 95.0 Å². The number of rotatable bonds is 15. The molecule has 0 aliphatic heterocycles. The molecule has 0 spiro atoms. The van der Waals surface area contributed by atoms with E-state index in [0.29, 0.717) is 25.6 Å². The van der Waals surface area contributed by atoms with Crippen LogP contribution in [0.5, 0.6) is 5.75 Å². The third-order valence-corrected chi connectivity index (χ3v) is 14.3. The summed E-state index contributed by atoms with van der Waals surface area (Å²) in [6.45, 7) is 26.5. The van der Waals surface area contributed by atoms with Crippen molar-refractivity contribution in [3.63, 3.8) is 0 Å². The van der Waals surface area contributed by atoms with Crippen molar-refractivity contribution >= 4 is 18.2 Å². The molecular weight excluding hydrogens is 559 g/mol. The molecule has 2 rings (SSSR count). The minimum atomic E-state index is -2.94. The molecule has 0 fully saturated rings. The van der Waals surface area contributed by atoms with Gasteiger partial charge >= 0.3 is 0 Å². The normalized spacial score (nSPS) is 14.6. The lowest BCUT2D eigenvalue weighted by Crippen LogP contribution is -2.49. The van der Waals surface area contributed by atoms with Gasteiger partial charge in [0.2, 0.25) is 0 Å². The van der Waals surface area contributed by atoms with E-state index in [9.17, 15) is 8.42 Å². The van der Waals surface area contributed by atoms with Crippen LogP contribution in [-0.2, 0) is 27.2 Å². The van der Waals surface area contributed by atoms with E-state index in [0.717, 1.165) is 25.0 Å². The van der Waals surface area contributed by atoms with Crippen LogP contribution in [-0.4, -0.2) is 48.0 Å². The van der Waals surface area contributed by atoms with Crippen LogP contribution in [0.4, 0.5) is 0 Å². The van der Waals surface area contributed by atoms with E-state index in [1.807, 2.05) is 0 Å². The van der Waals surface area contributed by atoms with Crippen LogP contribution in [0, 0.1) is 19.3 Å². The van der Waals surface area contributed by atoms with E-state index in [1.54, 1.807) is 0 Å². The molecule has 0 heterocycles. The zero-order chi connectivity index (χ0) is 31.9. The molecule has 0 saturated carbocycles. The summed E-state index contributed by atoms with van der Waals surface area (Å²) in [5.41, 5.74) is 6.34. The molecule has 0 radical (unpaired) electrons. The van der Waals surface area contributed by atoms with Gasteiger partial charge in [-0.1, -0.05) is 78.8 Å². The van der Waals surface area contributed by atoms with Crippen molar-refractivity contribution in [2.75, 3.05) is 25.2 Å². The average Bonchev–Trinajstić information content (AvgIpc) is 2.84. The quantitative estimate of drug-likeness (QED) is 0.161. The second kappa shape index (κ2) is 14.9. The summed E-state index contributed by atoms with van der Waals surface area (Å²) in [5.74, 6) is 1.59. The first-order valence-electron chi connectivity index (χ1n) is 15.6. The molecule has 0 bridgehead atoms. The van der Waals surface area contributed by atoms with Crippen molar-refractivity contribution in [1.82, 2.24) is 5.32 Å². The number of aryl methyl sites for hydroxylation is 3. The number of ether oxygens (including phenoxy) is 1. The molecule has 2 atom stereocenters. The third-order valence-electron chi connectivity index (χ3n) is 8.92. The number of hydrogen-bond acceptors (Lipinski definition) is 5. The summed E-state index contributed by atoms with van der Waals surface area (Å²) in [7, 11) is -4.86. The van der Waals surface area contributed by atoms with Crippen molar-refractivity contribution in [3.8, 4) is 5.75 Å². The van der Waals surface area contributed by atoms with Gasteiger partial charge in [0, 0.05) is 19.3 Å². The smallest absolute Gasteiger partial charge is 0.192 e. The molecule has 42 heavy (non-hydrogen) atoms. The molecule has 0 aliphatic carbocycles. The predicted molar refractivity (Wildman–Crippen MR) is 182 cm³/mol. The molecule has 1 N–H and O–H groups in total. The highest BCUT2D eigenvalue weighted by Gasteiger charge is 2.42. The maximum atomic E-state index is 11.3. The Balaban J connectivity index is 2.02. The Morgan fingerprint density at radius 2 is 1.62 bits per heavy atom. The third kappa shape index (κ3) is 11.4. The van der Waals surface area contributed by atoms with Crippen LogP contribution in [0.3, 0.4) is 0 Å². The molecule has 2 unspecified atom stereocenters. The van der Waals surface area contributed by atoms with Crippen molar-refractivity contribution in [3.05, 3.63) is 64.2 Å². The Hall–Kier alpha value is -1.67. The van der Waals surface area contributed by atoms with Gasteiger partial charge < -0.3 is 14.5 Å². The first kappa shape index (κ1) is 36.5. The standard InChI is InChI=1S/C35H59NO4SSi/c1-13-29(16-14-28-15-17-31(26(2)22-28)24-36-20-21-41(10,37)38)30-18-19-32(27(3)23-30)39-25-33(34(4,5)6)40-42(11,12)35(7,8)9/h15,17-19,22-23,29,33,36H,13-14,16,20-21,24-25H2,1-12H3. The van der Waals surface area contributed by atoms with Crippen LogP contribution >= 0.6 is 0 Å². The molecule has 5 nitrogen and oxygen atoms in total. The Labute approximate surface area is 259 Å². The molecule has 238 valence electrons.